The monoisotopic (exact) mass is 277 g/mol. The molecule has 3 aromatic rings. The van der Waals surface area contributed by atoms with Crippen molar-refractivity contribution < 1.29 is 0 Å². The number of hydrogen-bond donors (Lipinski definition) is 1. The summed E-state index contributed by atoms with van der Waals surface area (Å²) in [6.45, 7) is 0. The molecule has 0 spiro atoms. The summed E-state index contributed by atoms with van der Waals surface area (Å²) in [5.41, 5.74) is 9.78. The third kappa shape index (κ3) is 3.20. The predicted octanol–water partition coefficient (Wildman–Crippen LogP) is 3.50. The first-order valence-electron chi connectivity index (χ1n) is 7.23. The number of benzene rings is 2. The van der Waals surface area contributed by atoms with Gasteiger partial charge in [-0.2, -0.15) is 5.10 Å². The van der Waals surface area contributed by atoms with E-state index in [2.05, 4.69) is 29.4 Å². The first kappa shape index (κ1) is 13.6. The summed E-state index contributed by atoms with van der Waals surface area (Å²) in [5.74, 6) is 0. The largest absolute Gasteiger partial charge is 0.323 e. The summed E-state index contributed by atoms with van der Waals surface area (Å²) in [4.78, 5) is 0. The van der Waals surface area contributed by atoms with E-state index in [9.17, 15) is 0 Å². The molecular weight excluding hydrogens is 258 g/mol. The fourth-order valence-electron chi connectivity index (χ4n) is 2.49. The second-order valence-electron chi connectivity index (χ2n) is 5.13. The van der Waals surface area contributed by atoms with E-state index >= 15 is 0 Å². The summed E-state index contributed by atoms with van der Waals surface area (Å²) < 4.78 is 1.93. The average molecular weight is 277 g/mol. The quantitative estimate of drug-likeness (QED) is 0.775. The third-order valence-electron chi connectivity index (χ3n) is 3.64. The molecule has 1 aromatic heterocycles. The maximum Gasteiger partial charge on any atom is 0.0649 e. The van der Waals surface area contributed by atoms with Crippen LogP contribution in [0.5, 0.6) is 0 Å². The zero-order chi connectivity index (χ0) is 14.5. The summed E-state index contributed by atoms with van der Waals surface area (Å²) in [5, 5.41) is 4.40. The van der Waals surface area contributed by atoms with Gasteiger partial charge in [-0.1, -0.05) is 48.5 Å². The number of hydrogen-bond acceptors (Lipinski definition) is 2. The highest BCUT2D eigenvalue weighted by molar-refractivity contribution is 5.33. The minimum absolute atomic E-state index is 0.0205. The van der Waals surface area contributed by atoms with Crippen molar-refractivity contribution in [2.45, 2.75) is 18.9 Å². The van der Waals surface area contributed by atoms with Crippen molar-refractivity contribution in [2.24, 2.45) is 5.73 Å². The number of rotatable bonds is 5. The molecule has 1 heterocycles. The topological polar surface area (TPSA) is 43.8 Å². The van der Waals surface area contributed by atoms with Crippen LogP contribution in [0.2, 0.25) is 0 Å². The summed E-state index contributed by atoms with van der Waals surface area (Å²) in [7, 11) is 0. The molecule has 3 rings (SSSR count). The van der Waals surface area contributed by atoms with Crippen LogP contribution < -0.4 is 5.73 Å². The predicted molar refractivity (Wildman–Crippen MR) is 85.3 cm³/mol. The Kier molecular flexibility index (Phi) is 4.12. The minimum atomic E-state index is -0.0205. The van der Waals surface area contributed by atoms with E-state index in [1.54, 1.807) is 0 Å². The van der Waals surface area contributed by atoms with Crippen molar-refractivity contribution in [3.05, 3.63) is 84.2 Å². The van der Waals surface area contributed by atoms with Crippen LogP contribution in [0.4, 0.5) is 0 Å². The molecule has 2 aromatic carbocycles. The van der Waals surface area contributed by atoms with Gasteiger partial charge in [0.05, 0.1) is 11.4 Å². The average Bonchev–Trinajstić information content (AvgIpc) is 3.04. The molecule has 2 N–H and O–H groups in total. The Labute approximate surface area is 125 Å². The molecule has 0 aliphatic rings. The Morgan fingerprint density at radius 2 is 1.57 bits per heavy atom. The van der Waals surface area contributed by atoms with Crippen molar-refractivity contribution in [1.29, 1.82) is 0 Å². The molecule has 0 aliphatic carbocycles. The first-order valence-corrected chi connectivity index (χ1v) is 7.23. The molecule has 3 heteroatoms. The SMILES string of the molecule is NC(CCc1ccccc1)c1ccnn1-c1ccccc1. The molecule has 21 heavy (non-hydrogen) atoms. The number of para-hydroxylation sites is 1. The van der Waals surface area contributed by atoms with Crippen LogP contribution in [0, 0.1) is 0 Å². The van der Waals surface area contributed by atoms with Crippen molar-refractivity contribution in [1.82, 2.24) is 9.78 Å². The van der Waals surface area contributed by atoms with E-state index in [1.807, 2.05) is 53.3 Å². The maximum absolute atomic E-state index is 6.36. The number of aromatic nitrogens is 2. The van der Waals surface area contributed by atoms with Gasteiger partial charge in [0.15, 0.2) is 0 Å². The van der Waals surface area contributed by atoms with Crippen LogP contribution >= 0.6 is 0 Å². The molecule has 3 nitrogen and oxygen atoms in total. The van der Waals surface area contributed by atoms with Crippen LogP contribution in [0.1, 0.15) is 23.7 Å². The smallest absolute Gasteiger partial charge is 0.0649 e. The zero-order valence-electron chi connectivity index (χ0n) is 11.9. The molecule has 0 fully saturated rings. The molecule has 0 amide bonds. The Bertz CT molecular complexity index is 674. The van der Waals surface area contributed by atoms with Gasteiger partial charge in [-0.05, 0) is 36.6 Å². The van der Waals surface area contributed by atoms with Crippen LogP contribution in [0.15, 0.2) is 72.9 Å². The van der Waals surface area contributed by atoms with Gasteiger partial charge in [0, 0.05) is 12.2 Å². The second kappa shape index (κ2) is 6.37. The lowest BCUT2D eigenvalue weighted by molar-refractivity contribution is 0.607. The fourth-order valence-corrected chi connectivity index (χ4v) is 2.49. The lowest BCUT2D eigenvalue weighted by atomic mass is 10.0. The fraction of sp³-hybridized carbons (Fsp3) is 0.167. The summed E-state index contributed by atoms with van der Waals surface area (Å²) in [6.07, 6.45) is 3.69. The zero-order valence-corrected chi connectivity index (χ0v) is 11.9. The number of nitrogens with zero attached hydrogens (tertiary/aromatic N) is 2. The third-order valence-corrected chi connectivity index (χ3v) is 3.64. The summed E-state index contributed by atoms with van der Waals surface area (Å²) >= 11 is 0. The number of nitrogens with two attached hydrogens (primary N) is 1. The highest BCUT2D eigenvalue weighted by atomic mass is 15.3. The van der Waals surface area contributed by atoms with Crippen molar-refractivity contribution in [3.8, 4) is 5.69 Å². The normalized spacial score (nSPS) is 12.2. The van der Waals surface area contributed by atoms with Gasteiger partial charge in [0.25, 0.3) is 0 Å². The lowest BCUT2D eigenvalue weighted by Gasteiger charge is -2.14. The van der Waals surface area contributed by atoms with Gasteiger partial charge in [-0.25, -0.2) is 4.68 Å². The van der Waals surface area contributed by atoms with E-state index in [0.717, 1.165) is 24.2 Å². The molecule has 0 bridgehead atoms. The molecule has 0 saturated heterocycles. The molecule has 0 radical (unpaired) electrons. The van der Waals surface area contributed by atoms with Crippen molar-refractivity contribution in [2.75, 3.05) is 0 Å². The maximum atomic E-state index is 6.36. The highest BCUT2D eigenvalue weighted by Gasteiger charge is 2.12. The van der Waals surface area contributed by atoms with E-state index in [4.69, 9.17) is 5.73 Å². The molecule has 0 saturated carbocycles. The second-order valence-corrected chi connectivity index (χ2v) is 5.13. The van der Waals surface area contributed by atoms with Gasteiger partial charge in [-0.3, -0.25) is 0 Å². The Hall–Kier alpha value is -2.39. The van der Waals surface area contributed by atoms with Crippen LogP contribution in [-0.4, -0.2) is 9.78 Å². The summed E-state index contributed by atoms with van der Waals surface area (Å²) in [6, 6.07) is 22.5. The van der Waals surface area contributed by atoms with Gasteiger partial charge in [-0.15, -0.1) is 0 Å². The van der Waals surface area contributed by atoms with E-state index in [0.29, 0.717) is 0 Å². The first-order chi connectivity index (χ1) is 10.3. The van der Waals surface area contributed by atoms with Crippen LogP contribution in [-0.2, 0) is 6.42 Å². The van der Waals surface area contributed by atoms with Crippen LogP contribution in [0.3, 0.4) is 0 Å². The Balaban J connectivity index is 1.74. The standard InChI is InChI=1S/C18H19N3/c19-17(12-11-15-7-3-1-4-8-15)18-13-14-20-21(18)16-9-5-2-6-10-16/h1-10,13-14,17H,11-12,19H2. The van der Waals surface area contributed by atoms with Crippen LogP contribution in [0.25, 0.3) is 5.69 Å². The molecule has 106 valence electrons. The van der Waals surface area contributed by atoms with Gasteiger partial charge in [0.2, 0.25) is 0 Å². The molecule has 1 atom stereocenters. The Morgan fingerprint density at radius 1 is 0.905 bits per heavy atom. The molecular formula is C18H19N3. The molecule has 1 unspecified atom stereocenters. The van der Waals surface area contributed by atoms with E-state index < -0.39 is 0 Å². The van der Waals surface area contributed by atoms with E-state index in [-0.39, 0.29) is 6.04 Å². The highest BCUT2D eigenvalue weighted by Crippen LogP contribution is 2.19. The van der Waals surface area contributed by atoms with Gasteiger partial charge in [0.1, 0.15) is 0 Å². The molecule has 0 aliphatic heterocycles. The van der Waals surface area contributed by atoms with Gasteiger partial charge >= 0.3 is 0 Å². The minimum Gasteiger partial charge on any atom is -0.323 e. The van der Waals surface area contributed by atoms with Gasteiger partial charge < -0.3 is 5.73 Å². The van der Waals surface area contributed by atoms with E-state index in [1.165, 1.54) is 5.56 Å². The van der Waals surface area contributed by atoms with Crippen molar-refractivity contribution >= 4 is 0 Å². The Morgan fingerprint density at radius 3 is 2.29 bits per heavy atom. The lowest BCUT2D eigenvalue weighted by Crippen LogP contribution is -2.16. The number of aryl methyl sites for hydroxylation is 1. The van der Waals surface area contributed by atoms with Crippen molar-refractivity contribution in [3.63, 3.8) is 0 Å².